The van der Waals surface area contributed by atoms with Crippen LogP contribution in [0.25, 0.3) is 0 Å². The monoisotopic (exact) mass is 245 g/mol. The second kappa shape index (κ2) is 5.32. The maximum absolute atomic E-state index is 9.44. The third-order valence-electron chi connectivity index (χ3n) is 1.62. The van der Waals surface area contributed by atoms with Crippen molar-refractivity contribution in [3.63, 3.8) is 0 Å². The van der Waals surface area contributed by atoms with E-state index in [9.17, 15) is 5.11 Å². The third-order valence-corrected chi connectivity index (χ3v) is 2.34. The molecule has 1 aromatic heterocycles. The number of aliphatic hydroxyl groups is 1. The Morgan fingerprint density at radius 3 is 3.08 bits per heavy atom. The van der Waals surface area contributed by atoms with Gasteiger partial charge in [-0.3, -0.25) is 4.98 Å². The number of hydrogen-bond acceptors (Lipinski definition) is 3. The Kier molecular flexibility index (Phi) is 4.35. The lowest BCUT2D eigenvalue weighted by Gasteiger charge is -2.09. The summed E-state index contributed by atoms with van der Waals surface area (Å²) in [6, 6.07) is 3.75. The lowest BCUT2D eigenvalue weighted by atomic mass is 10.2. The van der Waals surface area contributed by atoms with Crippen molar-refractivity contribution in [3.8, 4) is 0 Å². The highest BCUT2D eigenvalue weighted by Gasteiger charge is 2.08. The van der Waals surface area contributed by atoms with Crippen LogP contribution in [0.3, 0.4) is 0 Å². The van der Waals surface area contributed by atoms with E-state index < -0.39 is 6.10 Å². The molecule has 0 aliphatic rings. The van der Waals surface area contributed by atoms with Gasteiger partial charge in [0.25, 0.3) is 0 Å². The Labute approximate surface area is 85.9 Å². The number of nitrogens with zero attached hydrogens (tertiary/aromatic N) is 1. The standard InChI is InChI=1S/C9H12BrNO2/c1-13-6-7(12)5-9-8(10)3-2-4-11-9/h2-4,7,12H,5-6H2,1H3. The molecule has 0 aliphatic carbocycles. The first-order valence-electron chi connectivity index (χ1n) is 4.00. The molecular formula is C9H12BrNO2. The van der Waals surface area contributed by atoms with Gasteiger partial charge in [-0.15, -0.1) is 0 Å². The van der Waals surface area contributed by atoms with E-state index in [1.165, 1.54) is 0 Å². The molecule has 0 bridgehead atoms. The highest BCUT2D eigenvalue weighted by molar-refractivity contribution is 9.10. The fourth-order valence-corrected chi connectivity index (χ4v) is 1.46. The number of halogens is 1. The van der Waals surface area contributed by atoms with E-state index in [1.807, 2.05) is 12.1 Å². The van der Waals surface area contributed by atoms with Gasteiger partial charge >= 0.3 is 0 Å². The highest BCUT2D eigenvalue weighted by atomic mass is 79.9. The molecule has 1 unspecified atom stereocenters. The number of aliphatic hydroxyl groups excluding tert-OH is 1. The Morgan fingerprint density at radius 2 is 2.46 bits per heavy atom. The van der Waals surface area contributed by atoms with Crippen LogP contribution in [-0.2, 0) is 11.2 Å². The minimum atomic E-state index is -0.490. The summed E-state index contributed by atoms with van der Waals surface area (Å²) >= 11 is 3.36. The summed E-state index contributed by atoms with van der Waals surface area (Å²) in [5, 5.41) is 9.44. The van der Waals surface area contributed by atoms with Gasteiger partial charge in [-0.1, -0.05) is 0 Å². The first-order valence-corrected chi connectivity index (χ1v) is 4.79. The van der Waals surface area contributed by atoms with E-state index in [1.54, 1.807) is 13.3 Å². The highest BCUT2D eigenvalue weighted by Crippen LogP contribution is 2.14. The normalized spacial score (nSPS) is 12.8. The van der Waals surface area contributed by atoms with Gasteiger partial charge in [0.15, 0.2) is 0 Å². The van der Waals surface area contributed by atoms with Crippen LogP contribution in [0.5, 0.6) is 0 Å². The van der Waals surface area contributed by atoms with E-state index in [2.05, 4.69) is 20.9 Å². The van der Waals surface area contributed by atoms with Gasteiger partial charge in [-0.05, 0) is 28.1 Å². The van der Waals surface area contributed by atoms with Crippen LogP contribution >= 0.6 is 15.9 Å². The molecule has 0 amide bonds. The Balaban J connectivity index is 2.58. The quantitative estimate of drug-likeness (QED) is 0.872. The fraction of sp³-hybridized carbons (Fsp3) is 0.444. The van der Waals surface area contributed by atoms with Gasteiger partial charge < -0.3 is 9.84 Å². The van der Waals surface area contributed by atoms with Crippen molar-refractivity contribution in [1.29, 1.82) is 0 Å². The van der Waals surface area contributed by atoms with Crippen molar-refractivity contribution < 1.29 is 9.84 Å². The van der Waals surface area contributed by atoms with Crippen LogP contribution in [0.15, 0.2) is 22.8 Å². The smallest absolute Gasteiger partial charge is 0.0829 e. The number of hydrogen-bond donors (Lipinski definition) is 1. The minimum Gasteiger partial charge on any atom is -0.390 e. The van der Waals surface area contributed by atoms with Gasteiger partial charge in [0.2, 0.25) is 0 Å². The van der Waals surface area contributed by atoms with Gasteiger partial charge in [0, 0.05) is 24.2 Å². The first kappa shape index (κ1) is 10.6. The Hall–Kier alpha value is -0.450. The van der Waals surface area contributed by atoms with E-state index >= 15 is 0 Å². The van der Waals surface area contributed by atoms with Crippen LogP contribution in [0.4, 0.5) is 0 Å². The zero-order valence-electron chi connectivity index (χ0n) is 7.40. The van der Waals surface area contributed by atoms with Gasteiger partial charge in [0.05, 0.1) is 18.4 Å². The van der Waals surface area contributed by atoms with E-state index in [0.29, 0.717) is 13.0 Å². The molecule has 0 aliphatic heterocycles. The van der Waals surface area contributed by atoms with Crippen molar-refractivity contribution in [2.45, 2.75) is 12.5 Å². The Morgan fingerprint density at radius 1 is 1.69 bits per heavy atom. The van der Waals surface area contributed by atoms with Crippen molar-refractivity contribution in [2.75, 3.05) is 13.7 Å². The Bertz CT molecular complexity index is 268. The molecule has 0 radical (unpaired) electrons. The molecule has 0 aromatic carbocycles. The molecule has 72 valence electrons. The molecule has 1 rings (SSSR count). The summed E-state index contributed by atoms with van der Waals surface area (Å²) in [5.74, 6) is 0. The van der Waals surface area contributed by atoms with Crippen LogP contribution in [0.2, 0.25) is 0 Å². The summed E-state index contributed by atoms with van der Waals surface area (Å²) in [6.07, 6.45) is 1.73. The van der Waals surface area contributed by atoms with Gasteiger partial charge in [-0.25, -0.2) is 0 Å². The van der Waals surface area contributed by atoms with Crippen molar-refractivity contribution in [3.05, 3.63) is 28.5 Å². The zero-order chi connectivity index (χ0) is 9.68. The van der Waals surface area contributed by atoms with E-state index in [4.69, 9.17) is 4.74 Å². The number of pyridine rings is 1. The number of methoxy groups -OCH3 is 1. The number of aromatic nitrogens is 1. The first-order chi connectivity index (χ1) is 6.24. The number of rotatable bonds is 4. The molecule has 0 spiro atoms. The summed E-state index contributed by atoms with van der Waals surface area (Å²) in [7, 11) is 1.57. The van der Waals surface area contributed by atoms with Crippen LogP contribution in [0.1, 0.15) is 5.69 Å². The van der Waals surface area contributed by atoms with Crippen LogP contribution in [-0.4, -0.2) is 29.9 Å². The van der Waals surface area contributed by atoms with E-state index in [0.717, 1.165) is 10.2 Å². The molecule has 0 fully saturated rings. The van der Waals surface area contributed by atoms with Crippen molar-refractivity contribution in [2.24, 2.45) is 0 Å². The fourth-order valence-electron chi connectivity index (χ4n) is 1.04. The topological polar surface area (TPSA) is 42.4 Å². The zero-order valence-corrected chi connectivity index (χ0v) is 8.99. The molecule has 1 aromatic rings. The van der Waals surface area contributed by atoms with Gasteiger partial charge in [0.1, 0.15) is 0 Å². The second-order valence-electron chi connectivity index (χ2n) is 2.75. The maximum Gasteiger partial charge on any atom is 0.0829 e. The molecule has 1 N–H and O–H groups in total. The largest absolute Gasteiger partial charge is 0.390 e. The lowest BCUT2D eigenvalue weighted by molar-refractivity contribution is 0.0643. The molecular weight excluding hydrogens is 234 g/mol. The average Bonchev–Trinajstić information content (AvgIpc) is 2.09. The van der Waals surface area contributed by atoms with Gasteiger partial charge in [-0.2, -0.15) is 0 Å². The van der Waals surface area contributed by atoms with Crippen LogP contribution in [0, 0.1) is 0 Å². The molecule has 0 saturated heterocycles. The molecule has 0 saturated carbocycles. The molecule has 4 heteroatoms. The summed E-state index contributed by atoms with van der Waals surface area (Å²) in [4.78, 5) is 4.14. The maximum atomic E-state index is 9.44. The third kappa shape index (κ3) is 3.42. The molecule has 13 heavy (non-hydrogen) atoms. The van der Waals surface area contributed by atoms with Crippen molar-refractivity contribution >= 4 is 15.9 Å². The molecule has 1 heterocycles. The SMILES string of the molecule is COCC(O)Cc1ncccc1Br. The predicted octanol–water partition coefficient (Wildman–Crippen LogP) is 1.39. The van der Waals surface area contributed by atoms with Crippen LogP contribution < -0.4 is 0 Å². The summed E-state index contributed by atoms with van der Waals surface area (Å²) in [6.45, 7) is 0.336. The predicted molar refractivity (Wildman–Crippen MR) is 53.5 cm³/mol. The minimum absolute atomic E-state index is 0.336. The average molecular weight is 246 g/mol. The molecule has 3 nitrogen and oxygen atoms in total. The second-order valence-corrected chi connectivity index (χ2v) is 3.60. The summed E-state index contributed by atoms with van der Waals surface area (Å²) in [5.41, 5.74) is 0.854. The molecule has 1 atom stereocenters. The lowest BCUT2D eigenvalue weighted by Crippen LogP contribution is -2.17. The van der Waals surface area contributed by atoms with E-state index in [-0.39, 0.29) is 0 Å². The number of ether oxygens (including phenoxy) is 1. The van der Waals surface area contributed by atoms with Crippen molar-refractivity contribution in [1.82, 2.24) is 4.98 Å². The summed E-state index contributed by atoms with van der Waals surface area (Å²) < 4.78 is 5.74.